The van der Waals surface area contributed by atoms with E-state index in [0.29, 0.717) is 11.8 Å². The van der Waals surface area contributed by atoms with Crippen molar-refractivity contribution in [3.05, 3.63) is 60.2 Å². The number of rotatable bonds is 6. The molecule has 8 heteroatoms. The fourth-order valence-electron chi connectivity index (χ4n) is 2.10. The highest BCUT2D eigenvalue weighted by atomic mass is 32.2. The Hall–Kier alpha value is -2.48. The van der Waals surface area contributed by atoms with Crippen LogP contribution in [0.3, 0.4) is 0 Å². The summed E-state index contributed by atoms with van der Waals surface area (Å²) in [4.78, 5) is 11.9. The van der Waals surface area contributed by atoms with E-state index in [1.54, 1.807) is 30.3 Å². The van der Waals surface area contributed by atoms with Gasteiger partial charge in [0.05, 0.1) is 11.9 Å². The van der Waals surface area contributed by atoms with Gasteiger partial charge in [0.15, 0.2) is 0 Å². The molecule has 0 bridgehead atoms. The lowest BCUT2D eigenvalue weighted by molar-refractivity contribution is -0.116. The Morgan fingerprint density at radius 3 is 2.38 bits per heavy atom. The van der Waals surface area contributed by atoms with Gasteiger partial charge < -0.3 is 5.32 Å². The van der Waals surface area contributed by atoms with Crippen molar-refractivity contribution in [2.45, 2.75) is 6.42 Å². The summed E-state index contributed by atoms with van der Waals surface area (Å²) in [6.07, 6.45) is 0.712. The van der Waals surface area contributed by atoms with Gasteiger partial charge in [-0.05, 0) is 24.3 Å². The zero-order valence-electron chi connectivity index (χ0n) is 12.9. The van der Waals surface area contributed by atoms with E-state index in [4.69, 9.17) is 0 Å². The predicted molar refractivity (Wildman–Crippen MR) is 88.2 cm³/mol. The second kappa shape index (κ2) is 7.39. The zero-order valence-corrected chi connectivity index (χ0v) is 13.7. The molecule has 2 aromatic carbocycles. The van der Waals surface area contributed by atoms with Gasteiger partial charge in [0.1, 0.15) is 11.6 Å². The standard InChI is InChI=1S/C16H16F2N2O3S/c1-24(22,23)20(15-8-7-12(17)11-14(15)18)10-9-16(21)19-13-5-3-2-4-6-13/h2-8,11H,9-10H2,1H3,(H,19,21). The van der Waals surface area contributed by atoms with Gasteiger partial charge in [-0.15, -0.1) is 0 Å². The van der Waals surface area contributed by atoms with Gasteiger partial charge in [0.2, 0.25) is 15.9 Å². The lowest BCUT2D eigenvalue weighted by Crippen LogP contribution is -2.33. The van der Waals surface area contributed by atoms with Crippen LogP contribution in [0.4, 0.5) is 20.2 Å². The van der Waals surface area contributed by atoms with Gasteiger partial charge in [-0.2, -0.15) is 0 Å². The summed E-state index contributed by atoms with van der Waals surface area (Å²) in [6, 6.07) is 11.2. The van der Waals surface area contributed by atoms with Crippen molar-refractivity contribution in [2.75, 3.05) is 22.4 Å². The molecule has 2 rings (SSSR count). The number of anilines is 2. The topological polar surface area (TPSA) is 66.5 Å². The number of para-hydroxylation sites is 1. The predicted octanol–water partition coefficient (Wildman–Crippen LogP) is 2.76. The number of benzene rings is 2. The summed E-state index contributed by atoms with van der Waals surface area (Å²) in [6.45, 7) is -0.264. The van der Waals surface area contributed by atoms with Crippen molar-refractivity contribution in [3.63, 3.8) is 0 Å². The van der Waals surface area contributed by atoms with E-state index in [1.165, 1.54) is 0 Å². The Kier molecular flexibility index (Phi) is 5.50. The van der Waals surface area contributed by atoms with E-state index in [-0.39, 0.29) is 18.7 Å². The van der Waals surface area contributed by atoms with Crippen LogP contribution >= 0.6 is 0 Å². The number of hydrogen-bond donors (Lipinski definition) is 1. The van der Waals surface area contributed by atoms with Crippen LogP contribution in [0.15, 0.2) is 48.5 Å². The summed E-state index contributed by atoms with van der Waals surface area (Å²) < 4.78 is 51.3. The van der Waals surface area contributed by atoms with E-state index in [2.05, 4.69) is 5.32 Å². The van der Waals surface area contributed by atoms with Gasteiger partial charge in [0.25, 0.3) is 0 Å². The Labute approximate surface area is 139 Å². The third-order valence-corrected chi connectivity index (χ3v) is 4.36. The highest BCUT2D eigenvalue weighted by Crippen LogP contribution is 2.23. The molecule has 0 aliphatic carbocycles. The van der Waals surface area contributed by atoms with Crippen LogP contribution in [0.2, 0.25) is 0 Å². The Morgan fingerprint density at radius 1 is 1.12 bits per heavy atom. The summed E-state index contributed by atoms with van der Waals surface area (Å²) in [5, 5.41) is 2.61. The molecule has 0 atom stereocenters. The van der Waals surface area contributed by atoms with Crippen molar-refractivity contribution in [2.24, 2.45) is 0 Å². The molecule has 5 nitrogen and oxygen atoms in total. The molecule has 128 valence electrons. The maximum absolute atomic E-state index is 13.9. The molecule has 0 unspecified atom stereocenters. The second-order valence-electron chi connectivity index (χ2n) is 5.10. The Morgan fingerprint density at radius 2 is 1.79 bits per heavy atom. The lowest BCUT2D eigenvalue weighted by Gasteiger charge is -2.22. The number of carbonyl (C=O) groups is 1. The Bertz CT molecular complexity index is 826. The fraction of sp³-hybridized carbons (Fsp3) is 0.188. The molecule has 1 N–H and O–H groups in total. The van der Waals surface area contributed by atoms with Crippen molar-refractivity contribution in [1.82, 2.24) is 0 Å². The van der Waals surface area contributed by atoms with Crippen molar-refractivity contribution in [3.8, 4) is 0 Å². The smallest absolute Gasteiger partial charge is 0.232 e. The monoisotopic (exact) mass is 354 g/mol. The molecule has 0 saturated carbocycles. The first-order valence-corrected chi connectivity index (χ1v) is 8.90. The van der Waals surface area contributed by atoms with Crippen molar-refractivity contribution in [1.29, 1.82) is 0 Å². The number of nitrogens with zero attached hydrogens (tertiary/aromatic N) is 1. The molecule has 0 aliphatic rings. The zero-order chi connectivity index (χ0) is 17.7. The highest BCUT2D eigenvalue weighted by Gasteiger charge is 2.22. The van der Waals surface area contributed by atoms with E-state index < -0.39 is 27.6 Å². The summed E-state index contributed by atoms with van der Waals surface area (Å²) in [7, 11) is -3.83. The minimum Gasteiger partial charge on any atom is -0.326 e. The van der Waals surface area contributed by atoms with Crippen LogP contribution in [0.1, 0.15) is 6.42 Å². The van der Waals surface area contributed by atoms with Crippen molar-refractivity contribution < 1.29 is 22.0 Å². The average molecular weight is 354 g/mol. The minimum absolute atomic E-state index is 0.182. The lowest BCUT2D eigenvalue weighted by atomic mass is 10.2. The second-order valence-corrected chi connectivity index (χ2v) is 7.00. The molecular formula is C16H16F2N2O3S. The first kappa shape index (κ1) is 17.9. The van der Waals surface area contributed by atoms with Crippen LogP contribution in [-0.4, -0.2) is 27.1 Å². The van der Waals surface area contributed by atoms with Gasteiger partial charge >= 0.3 is 0 Å². The number of amides is 1. The summed E-state index contributed by atoms with van der Waals surface area (Å²) in [5.41, 5.74) is 0.271. The largest absolute Gasteiger partial charge is 0.326 e. The van der Waals surface area contributed by atoms with E-state index in [0.717, 1.165) is 22.7 Å². The van der Waals surface area contributed by atoms with E-state index in [1.807, 2.05) is 0 Å². The van der Waals surface area contributed by atoms with Gasteiger partial charge in [-0.25, -0.2) is 17.2 Å². The molecule has 0 spiro atoms. The molecule has 0 saturated heterocycles. The third kappa shape index (κ3) is 4.76. The molecule has 0 radical (unpaired) electrons. The van der Waals surface area contributed by atoms with Crippen LogP contribution in [0.5, 0.6) is 0 Å². The molecule has 0 aromatic heterocycles. The van der Waals surface area contributed by atoms with Crippen molar-refractivity contribution >= 4 is 27.3 Å². The number of sulfonamides is 1. The summed E-state index contributed by atoms with van der Waals surface area (Å²) in [5.74, 6) is -2.24. The van der Waals surface area contributed by atoms with Gasteiger partial charge in [0, 0.05) is 24.7 Å². The van der Waals surface area contributed by atoms with E-state index in [9.17, 15) is 22.0 Å². The third-order valence-electron chi connectivity index (χ3n) is 3.18. The van der Waals surface area contributed by atoms with Crippen LogP contribution in [0.25, 0.3) is 0 Å². The molecule has 1 amide bonds. The van der Waals surface area contributed by atoms with Gasteiger partial charge in [-0.1, -0.05) is 18.2 Å². The molecule has 2 aromatic rings. The average Bonchev–Trinajstić information content (AvgIpc) is 2.49. The maximum Gasteiger partial charge on any atom is 0.232 e. The van der Waals surface area contributed by atoms with E-state index >= 15 is 0 Å². The number of carbonyl (C=O) groups excluding carboxylic acids is 1. The molecule has 0 heterocycles. The molecule has 0 fully saturated rings. The number of halogens is 2. The highest BCUT2D eigenvalue weighted by molar-refractivity contribution is 7.92. The molecule has 0 aliphatic heterocycles. The summed E-state index contributed by atoms with van der Waals surface area (Å²) >= 11 is 0. The fourth-order valence-corrected chi connectivity index (χ4v) is 3.02. The normalized spacial score (nSPS) is 11.1. The van der Waals surface area contributed by atoms with Crippen LogP contribution < -0.4 is 9.62 Å². The first-order valence-electron chi connectivity index (χ1n) is 7.05. The minimum atomic E-state index is -3.83. The SMILES string of the molecule is CS(=O)(=O)N(CCC(=O)Nc1ccccc1)c1ccc(F)cc1F. The Balaban J connectivity index is 2.11. The number of nitrogens with one attached hydrogen (secondary N) is 1. The van der Waals surface area contributed by atoms with Crippen LogP contribution in [-0.2, 0) is 14.8 Å². The van der Waals surface area contributed by atoms with Crippen LogP contribution in [0, 0.1) is 11.6 Å². The number of hydrogen-bond acceptors (Lipinski definition) is 3. The molecular weight excluding hydrogens is 338 g/mol. The molecule has 24 heavy (non-hydrogen) atoms. The maximum atomic E-state index is 13.9. The quantitative estimate of drug-likeness (QED) is 0.867. The van der Waals surface area contributed by atoms with Gasteiger partial charge in [-0.3, -0.25) is 9.10 Å². The first-order chi connectivity index (χ1) is 11.3.